The summed E-state index contributed by atoms with van der Waals surface area (Å²) >= 11 is 8.76. The second-order valence-corrected chi connectivity index (χ2v) is 14.0. The maximum atomic E-state index is 4.84. The minimum absolute atomic E-state index is 0.0297. The van der Waals surface area contributed by atoms with E-state index in [1.807, 2.05) is 22.7 Å². The van der Waals surface area contributed by atoms with Crippen LogP contribution in [0.4, 0.5) is 0 Å². The molecule has 2 nitrogen and oxygen atoms in total. The molecule has 0 saturated carbocycles. The van der Waals surface area contributed by atoms with Gasteiger partial charge in [0.2, 0.25) is 0 Å². The average Bonchev–Trinajstić information content (AvgIpc) is 3.43. The molecule has 0 atom stereocenters. The van der Waals surface area contributed by atoms with Gasteiger partial charge in [-0.25, -0.2) is 0 Å². The Bertz CT molecular complexity index is 1040. The van der Waals surface area contributed by atoms with Crippen LogP contribution in [0.2, 0.25) is 0 Å². The second-order valence-electron chi connectivity index (χ2n) is 7.15. The van der Waals surface area contributed by atoms with E-state index < -0.39 is 0 Å². The first-order valence-electron chi connectivity index (χ1n) is 9.94. The van der Waals surface area contributed by atoms with Gasteiger partial charge in [-0.2, -0.15) is 0 Å². The summed E-state index contributed by atoms with van der Waals surface area (Å²) < 4.78 is 12.5. The van der Waals surface area contributed by atoms with Crippen molar-refractivity contribution in [2.45, 2.75) is 52.4 Å². The van der Waals surface area contributed by atoms with Gasteiger partial charge in [-0.3, -0.25) is 0 Å². The SMILES string of the molecule is CCCCc1cc(-c2ccc(-c3cc(CCCC)c(I)s3)c3n[se]nc23)sc1I. The molecule has 4 rings (SSSR count). The van der Waals surface area contributed by atoms with Crippen LogP contribution in [-0.4, -0.2) is 22.9 Å². The fourth-order valence-electron chi connectivity index (χ4n) is 3.42. The van der Waals surface area contributed by atoms with E-state index in [0.717, 1.165) is 11.0 Å². The van der Waals surface area contributed by atoms with Crippen molar-refractivity contribution in [3.8, 4) is 20.9 Å². The third kappa shape index (κ3) is 4.85. The van der Waals surface area contributed by atoms with E-state index in [-0.39, 0.29) is 15.0 Å². The van der Waals surface area contributed by atoms with E-state index in [0.29, 0.717) is 0 Å². The first kappa shape index (κ1) is 22.4. The molecule has 4 aromatic rings. The van der Waals surface area contributed by atoms with Crippen LogP contribution in [0, 0.1) is 5.77 Å². The van der Waals surface area contributed by atoms with E-state index in [9.17, 15) is 0 Å². The third-order valence-electron chi connectivity index (χ3n) is 5.06. The Labute approximate surface area is 214 Å². The van der Waals surface area contributed by atoms with Gasteiger partial charge in [0.15, 0.2) is 0 Å². The van der Waals surface area contributed by atoms with Gasteiger partial charge in [0, 0.05) is 0 Å². The van der Waals surface area contributed by atoms with Gasteiger partial charge in [0.25, 0.3) is 0 Å². The Hall–Kier alpha value is 0.199. The minimum atomic E-state index is -0.0297. The molecule has 0 bridgehead atoms. The van der Waals surface area contributed by atoms with Gasteiger partial charge in [0.1, 0.15) is 0 Å². The maximum absolute atomic E-state index is 4.84. The predicted octanol–water partition coefficient (Wildman–Crippen LogP) is 8.04. The van der Waals surface area contributed by atoms with Crippen LogP contribution in [0.25, 0.3) is 31.9 Å². The van der Waals surface area contributed by atoms with Crippen LogP contribution < -0.4 is 0 Å². The molecule has 0 aliphatic rings. The molecule has 0 fully saturated rings. The molecular weight excluding hydrogens is 689 g/mol. The van der Waals surface area contributed by atoms with Crippen molar-refractivity contribution < 1.29 is 0 Å². The molecule has 29 heavy (non-hydrogen) atoms. The van der Waals surface area contributed by atoms with Gasteiger partial charge in [0.05, 0.1) is 0 Å². The van der Waals surface area contributed by atoms with Gasteiger partial charge in [-0.05, 0) is 0 Å². The average molecular weight is 711 g/mol. The van der Waals surface area contributed by atoms with Gasteiger partial charge in [-0.1, -0.05) is 0 Å². The number of rotatable bonds is 8. The standard InChI is InChI=1S/C22H22I2N2S2Se/c1-3-5-7-13-11-17(27-21(13)23)15-9-10-16(20-19(15)25-29-26-20)18-12-14(8-6-4-2)22(24)28-18/h9-12H,3-8H2,1-2H3. The van der Waals surface area contributed by atoms with Crippen molar-refractivity contribution in [2.24, 2.45) is 0 Å². The zero-order valence-electron chi connectivity index (χ0n) is 16.4. The number of aromatic nitrogens is 2. The number of aryl methyl sites for hydroxylation is 2. The molecule has 0 amide bonds. The molecule has 0 aliphatic carbocycles. The van der Waals surface area contributed by atoms with Crippen molar-refractivity contribution in [3.05, 3.63) is 41.2 Å². The van der Waals surface area contributed by atoms with E-state index in [4.69, 9.17) is 7.96 Å². The van der Waals surface area contributed by atoms with Crippen LogP contribution in [0.1, 0.15) is 50.7 Å². The first-order chi connectivity index (χ1) is 14.1. The molecule has 3 aromatic heterocycles. The molecule has 3 heterocycles. The van der Waals surface area contributed by atoms with E-state index in [1.54, 1.807) is 0 Å². The van der Waals surface area contributed by atoms with Crippen molar-refractivity contribution in [1.29, 1.82) is 0 Å². The normalized spacial score (nSPS) is 11.6. The van der Waals surface area contributed by atoms with Crippen LogP contribution in [-0.2, 0) is 12.8 Å². The van der Waals surface area contributed by atoms with Crippen molar-refractivity contribution in [1.82, 2.24) is 7.96 Å². The molecule has 7 heteroatoms. The summed E-state index contributed by atoms with van der Waals surface area (Å²) in [5.41, 5.74) is 7.71. The summed E-state index contributed by atoms with van der Waals surface area (Å²) in [7, 11) is 0. The third-order valence-corrected chi connectivity index (χ3v) is 10.9. The van der Waals surface area contributed by atoms with E-state index in [1.165, 1.54) is 76.3 Å². The summed E-state index contributed by atoms with van der Waals surface area (Å²) in [6.07, 6.45) is 7.33. The zero-order valence-corrected chi connectivity index (χ0v) is 24.1. The molecule has 1 aromatic carbocycles. The topological polar surface area (TPSA) is 25.8 Å². The Morgan fingerprint density at radius 3 is 1.66 bits per heavy atom. The Morgan fingerprint density at radius 2 is 1.24 bits per heavy atom. The van der Waals surface area contributed by atoms with Crippen molar-refractivity contribution in [3.63, 3.8) is 0 Å². The number of benzene rings is 1. The number of unbranched alkanes of at least 4 members (excludes halogenated alkanes) is 2. The molecule has 0 N–H and O–H groups in total. The fraction of sp³-hybridized carbons (Fsp3) is 0.364. The summed E-state index contributed by atoms with van der Waals surface area (Å²) in [5.74, 6) is 0. The van der Waals surface area contributed by atoms with Crippen LogP contribution in [0.3, 0.4) is 0 Å². The number of hydrogen-bond acceptors (Lipinski definition) is 4. The fourth-order valence-corrected chi connectivity index (χ4v) is 8.82. The van der Waals surface area contributed by atoms with E-state index in [2.05, 4.69) is 83.3 Å². The quantitative estimate of drug-likeness (QED) is 0.137. The van der Waals surface area contributed by atoms with Crippen molar-refractivity contribution in [2.75, 3.05) is 0 Å². The molecule has 0 radical (unpaired) electrons. The molecule has 0 unspecified atom stereocenters. The van der Waals surface area contributed by atoms with Crippen molar-refractivity contribution >= 4 is 93.9 Å². The second kappa shape index (κ2) is 10.2. The Morgan fingerprint density at radius 1 is 0.793 bits per heavy atom. The number of halogens is 2. The summed E-state index contributed by atoms with van der Waals surface area (Å²) in [6, 6.07) is 9.32. The molecule has 152 valence electrons. The van der Waals surface area contributed by atoms with Gasteiger partial charge in [-0.15, -0.1) is 0 Å². The first-order valence-corrected chi connectivity index (χ1v) is 15.3. The van der Waals surface area contributed by atoms with Gasteiger partial charge >= 0.3 is 216 Å². The Kier molecular flexibility index (Phi) is 7.89. The predicted molar refractivity (Wildman–Crippen MR) is 146 cm³/mol. The monoisotopic (exact) mass is 712 g/mol. The van der Waals surface area contributed by atoms with Gasteiger partial charge < -0.3 is 0 Å². The number of thiophene rings is 2. The van der Waals surface area contributed by atoms with Crippen LogP contribution in [0.15, 0.2) is 24.3 Å². The Balaban J connectivity index is 1.73. The molecular formula is C22H22I2N2S2Se. The number of nitrogens with zero attached hydrogens (tertiary/aromatic N) is 2. The summed E-state index contributed by atoms with van der Waals surface area (Å²) in [6.45, 7) is 4.52. The number of fused-ring (bicyclic) bond motifs is 1. The van der Waals surface area contributed by atoms with Crippen LogP contribution in [0.5, 0.6) is 0 Å². The van der Waals surface area contributed by atoms with E-state index >= 15 is 0 Å². The molecule has 0 aliphatic heterocycles. The zero-order chi connectivity index (χ0) is 20.4. The molecule has 0 spiro atoms. The molecule has 0 saturated heterocycles. The summed E-state index contributed by atoms with van der Waals surface area (Å²) in [4.78, 5) is 2.67. The van der Waals surface area contributed by atoms with Crippen LogP contribution >= 0.6 is 67.9 Å². The summed E-state index contributed by atoms with van der Waals surface area (Å²) in [5, 5.41) is 0. The number of hydrogen-bond donors (Lipinski definition) is 0.